The summed E-state index contributed by atoms with van der Waals surface area (Å²) >= 11 is 0. The second-order valence-corrected chi connectivity index (χ2v) is 6.35. The first-order valence-corrected chi connectivity index (χ1v) is 8.33. The molecule has 1 atom stereocenters. The minimum absolute atomic E-state index is 0.0527. The van der Waals surface area contributed by atoms with Gasteiger partial charge in [-0.2, -0.15) is 0 Å². The maximum atomic E-state index is 12.5. The summed E-state index contributed by atoms with van der Waals surface area (Å²) in [6.07, 6.45) is 4.08. The van der Waals surface area contributed by atoms with Crippen LogP contribution in [0.2, 0.25) is 0 Å². The average Bonchev–Trinajstić information content (AvgIpc) is 2.83. The minimum Gasteiger partial charge on any atom is -0.460 e. The van der Waals surface area contributed by atoms with Crippen LogP contribution < -0.4 is 5.43 Å². The molecule has 3 heteroatoms. The van der Waals surface area contributed by atoms with Crippen molar-refractivity contribution in [2.75, 3.05) is 13.2 Å². The quantitative estimate of drug-likeness (QED) is 0.662. The third-order valence-corrected chi connectivity index (χ3v) is 4.73. The first kappa shape index (κ1) is 14.5. The highest BCUT2D eigenvalue weighted by Gasteiger charge is 2.16. The predicted molar refractivity (Wildman–Crippen MR) is 91.9 cm³/mol. The fourth-order valence-corrected chi connectivity index (χ4v) is 3.49. The van der Waals surface area contributed by atoms with E-state index in [1.165, 1.54) is 0 Å². The van der Waals surface area contributed by atoms with Crippen molar-refractivity contribution in [3.8, 4) is 0 Å². The van der Waals surface area contributed by atoms with Crippen LogP contribution in [0.5, 0.6) is 0 Å². The summed E-state index contributed by atoms with van der Waals surface area (Å²) in [5, 5.41) is 2.77. The highest BCUT2D eigenvalue weighted by Crippen LogP contribution is 2.26. The van der Waals surface area contributed by atoms with Gasteiger partial charge in [-0.3, -0.25) is 4.79 Å². The lowest BCUT2D eigenvalue weighted by Gasteiger charge is -2.13. The molecule has 0 N–H and O–H groups in total. The van der Waals surface area contributed by atoms with Crippen LogP contribution in [0.15, 0.2) is 51.7 Å². The normalized spacial score (nSPS) is 19.0. The molecular formula is C20H20O3. The molecule has 1 fully saturated rings. The third kappa shape index (κ3) is 2.89. The van der Waals surface area contributed by atoms with Crippen molar-refractivity contribution in [3.05, 3.63) is 58.4 Å². The zero-order valence-corrected chi connectivity index (χ0v) is 13.1. The Balaban J connectivity index is 1.78. The van der Waals surface area contributed by atoms with Gasteiger partial charge in [-0.15, -0.1) is 0 Å². The fourth-order valence-electron chi connectivity index (χ4n) is 3.49. The standard InChI is InChI=1S/C20H20O3/c21-19-13-16(12-14-4-3-10-22-11-9-14)23-20-17-6-2-1-5-15(17)7-8-18(19)20/h1-2,5-8,13-14H,3-4,9-12H2. The van der Waals surface area contributed by atoms with Crippen LogP contribution >= 0.6 is 0 Å². The van der Waals surface area contributed by atoms with Gasteiger partial charge in [0, 0.05) is 31.1 Å². The maximum absolute atomic E-state index is 12.5. The molecule has 3 nitrogen and oxygen atoms in total. The molecule has 1 aliphatic rings. The average molecular weight is 308 g/mol. The monoisotopic (exact) mass is 308 g/mol. The molecule has 0 radical (unpaired) electrons. The SMILES string of the molecule is O=c1cc(CC2CCCOCC2)oc2c1ccc1ccccc12. The van der Waals surface area contributed by atoms with Crippen LogP contribution in [0.4, 0.5) is 0 Å². The van der Waals surface area contributed by atoms with Crippen LogP contribution in [0.3, 0.4) is 0 Å². The molecule has 1 unspecified atom stereocenters. The van der Waals surface area contributed by atoms with Crippen molar-refractivity contribution in [2.24, 2.45) is 5.92 Å². The number of fused-ring (bicyclic) bond motifs is 3. The van der Waals surface area contributed by atoms with E-state index in [4.69, 9.17) is 9.15 Å². The molecule has 0 bridgehead atoms. The molecule has 118 valence electrons. The van der Waals surface area contributed by atoms with E-state index in [2.05, 4.69) is 0 Å². The van der Waals surface area contributed by atoms with Gasteiger partial charge in [-0.1, -0.05) is 30.3 Å². The lowest BCUT2D eigenvalue weighted by Crippen LogP contribution is -2.09. The molecule has 2 aromatic carbocycles. The van der Waals surface area contributed by atoms with E-state index in [1.54, 1.807) is 6.07 Å². The molecule has 0 aliphatic carbocycles. The summed E-state index contributed by atoms with van der Waals surface area (Å²) in [4.78, 5) is 12.5. The summed E-state index contributed by atoms with van der Waals surface area (Å²) in [5.41, 5.74) is 0.771. The Bertz CT molecular complexity index is 886. The van der Waals surface area contributed by atoms with Gasteiger partial charge < -0.3 is 9.15 Å². The number of rotatable bonds is 2. The molecule has 4 rings (SSSR count). The van der Waals surface area contributed by atoms with Gasteiger partial charge in [0.05, 0.1) is 5.39 Å². The second-order valence-electron chi connectivity index (χ2n) is 6.35. The van der Waals surface area contributed by atoms with E-state index in [1.807, 2.05) is 36.4 Å². The second kappa shape index (κ2) is 6.17. The first-order valence-electron chi connectivity index (χ1n) is 8.33. The van der Waals surface area contributed by atoms with Gasteiger partial charge in [0.25, 0.3) is 0 Å². The topological polar surface area (TPSA) is 39.4 Å². The molecular weight excluding hydrogens is 288 g/mol. The Hall–Kier alpha value is -2.13. The van der Waals surface area contributed by atoms with Crippen LogP contribution in [0.1, 0.15) is 25.0 Å². The summed E-state index contributed by atoms with van der Waals surface area (Å²) in [6, 6.07) is 13.6. The van der Waals surface area contributed by atoms with Gasteiger partial charge in [0.15, 0.2) is 5.43 Å². The zero-order chi connectivity index (χ0) is 15.6. The molecule has 1 aromatic heterocycles. The van der Waals surface area contributed by atoms with Gasteiger partial charge in [-0.25, -0.2) is 0 Å². The number of hydrogen-bond donors (Lipinski definition) is 0. The molecule has 0 spiro atoms. The smallest absolute Gasteiger partial charge is 0.192 e. The summed E-state index contributed by atoms with van der Waals surface area (Å²) < 4.78 is 11.7. The highest BCUT2D eigenvalue weighted by atomic mass is 16.5. The van der Waals surface area contributed by atoms with Crippen molar-refractivity contribution < 1.29 is 9.15 Å². The van der Waals surface area contributed by atoms with E-state index in [0.29, 0.717) is 11.3 Å². The van der Waals surface area contributed by atoms with E-state index >= 15 is 0 Å². The minimum atomic E-state index is 0.0527. The van der Waals surface area contributed by atoms with Crippen molar-refractivity contribution in [3.63, 3.8) is 0 Å². The van der Waals surface area contributed by atoms with E-state index in [9.17, 15) is 4.79 Å². The van der Waals surface area contributed by atoms with Gasteiger partial charge in [0.2, 0.25) is 0 Å². The summed E-state index contributed by atoms with van der Waals surface area (Å²) in [6.45, 7) is 1.66. The van der Waals surface area contributed by atoms with Crippen LogP contribution in [-0.2, 0) is 11.2 Å². The Morgan fingerprint density at radius 2 is 1.91 bits per heavy atom. The molecule has 23 heavy (non-hydrogen) atoms. The lowest BCUT2D eigenvalue weighted by atomic mass is 9.95. The Labute approximate surface area is 134 Å². The van der Waals surface area contributed by atoms with Crippen molar-refractivity contribution in [1.82, 2.24) is 0 Å². The fraction of sp³-hybridized carbons (Fsp3) is 0.350. The maximum Gasteiger partial charge on any atom is 0.192 e. The largest absolute Gasteiger partial charge is 0.460 e. The van der Waals surface area contributed by atoms with E-state index in [0.717, 1.165) is 61.0 Å². The Kier molecular flexibility index (Phi) is 3.88. The Morgan fingerprint density at radius 3 is 2.87 bits per heavy atom. The van der Waals surface area contributed by atoms with Gasteiger partial charge >= 0.3 is 0 Å². The number of benzene rings is 2. The van der Waals surface area contributed by atoms with Crippen LogP contribution in [-0.4, -0.2) is 13.2 Å². The van der Waals surface area contributed by atoms with Crippen LogP contribution in [0, 0.1) is 5.92 Å². The van der Waals surface area contributed by atoms with E-state index < -0.39 is 0 Å². The van der Waals surface area contributed by atoms with Crippen LogP contribution in [0.25, 0.3) is 21.7 Å². The third-order valence-electron chi connectivity index (χ3n) is 4.73. The number of ether oxygens (including phenoxy) is 1. The highest BCUT2D eigenvalue weighted by molar-refractivity contribution is 6.03. The molecule has 1 aliphatic heterocycles. The van der Waals surface area contributed by atoms with Crippen molar-refractivity contribution in [2.45, 2.75) is 25.7 Å². The van der Waals surface area contributed by atoms with Gasteiger partial charge in [-0.05, 0) is 36.6 Å². The lowest BCUT2D eigenvalue weighted by molar-refractivity contribution is 0.141. The van der Waals surface area contributed by atoms with Gasteiger partial charge in [0.1, 0.15) is 11.3 Å². The first-order chi connectivity index (χ1) is 11.3. The Morgan fingerprint density at radius 1 is 1.00 bits per heavy atom. The van der Waals surface area contributed by atoms with Crippen molar-refractivity contribution in [1.29, 1.82) is 0 Å². The molecule has 3 aromatic rings. The zero-order valence-electron chi connectivity index (χ0n) is 13.1. The van der Waals surface area contributed by atoms with Crippen molar-refractivity contribution >= 4 is 21.7 Å². The molecule has 2 heterocycles. The molecule has 0 amide bonds. The van der Waals surface area contributed by atoms with E-state index in [-0.39, 0.29) is 5.43 Å². The summed E-state index contributed by atoms with van der Waals surface area (Å²) in [7, 11) is 0. The summed E-state index contributed by atoms with van der Waals surface area (Å²) in [5.74, 6) is 1.33. The number of hydrogen-bond acceptors (Lipinski definition) is 3. The molecule has 1 saturated heterocycles. The predicted octanol–water partition coefficient (Wildman–Crippen LogP) is 4.31. The molecule has 0 saturated carbocycles.